The summed E-state index contributed by atoms with van der Waals surface area (Å²) in [6, 6.07) is 0. The van der Waals surface area contributed by atoms with E-state index in [0.717, 1.165) is 57.0 Å². The second-order valence-corrected chi connectivity index (χ2v) is 17.9. The van der Waals surface area contributed by atoms with E-state index in [4.69, 9.17) is 0 Å². The maximum absolute atomic E-state index is 2.63. The zero-order chi connectivity index (χ0) is 32.0. The van der Waals surface area contributed by atoms with Crippen molar-refractivity contribution in [1.82, 2.24) is 0 Å². The lowest BCUT2D eigenvalue weighted by Gasteiger charge is -2.54. The highest BCUT2D eigenvalue weighted by atomic mass is 13.7. The number of rotatable bonds is 18. The van der Waals surface area contributed by atoms with E-state index < -0.39 is 0 Å². The Balaban J connectivity index is 8.34. The Hall–Kier alpha value is 2.53. The summed E-state index contributed by atoms with van der Waals surface area (Å²) in [5.74, 6) is 0. The van der Waals surface area contributed by atoms with Gasteiger partial charge in [-0.3, -0.25) is 0 Å². The standard InChI is InChI=1S/CH43B39/c2-26(3)23(36(22)27(4)5)1(24(37(28(6)7)29(8)9)38(30(10)11)31(12)13)25(39(32(14)15)33(16)17)40(34(18)19)35(20)21/h1H,2-22H2. The maximum Gasteiger partial charge on any atom is 0.0559 e. The molecule has 0 spiro atoms. The highest BCUT2D eigenvalue weighted by Gasteiger charge is 2.57. The van der Waals surface area contributed by atoms with Crippen LogP contribution in [0.25, 0.3) is 0 Å². The Morgan fingerprint density at radius 1 is 0.225 bits per heavy atom. The molecule has 40 heavy (non-hydrogen) atoms. The molecule has 0 aromatic rings. The monoisotopic (exact) mass is 485 g/mol. The van der Waals surface area contributed by atoms with Gasteiger partial charge in [0, 0.05) is 115 Å². The highest BCUT2D eigenvalue weighted by Crippen LogP contribution is 2.29. The Morgan fingerprint density at radius 2 is 0.425 bits per heavy atom. The summed E-state index contributed by atoms with van der Waals surface area (Å²) in [6.45, 7) is 2.20. The molecule has 0 saturated heterocycles. The second-order valence-electron chi connectivity index (χ2n) is 17.9. The van der Waals surface area contributed by atoms with Gasteiger partial charge in [-0.2, -0.15) is 0 Å². The lowest BCUT2D eigenvalue weighted by atomic mass is 8.38. The van der Waals surface area contributed by atoms with Gasteiger partial charge in [0.2, 0.25) is 0 Å². The van der Waals surface area contributed by atoms with Gasteiger partial charge in [0.25, 0.3) is 0 Å². The van der Waals surface area contributed by atoms with E-state index in [1.165, 1.54) is 0 Å². The summed E-state index contributed by atoms with van der Waals surface area (Å²) in [5.41, 5.74) is 0.728. The van der Waals surface area contributed by atoms with Crippen molar-refractivity contribution in [3.8, 4) is 0 Å². The molecule has 0 aliphatic rings. The summed E-state index contributed by atoms with van der Waals surface area (Å²) in [7, 11) is 53.8. The molecule has 0 atom stereocenters. The predicted octanol–water partition coefficient (Wildman–Crippen LogP) is -25.8. The molecule has 0 heterocycles. The van der Waals surface area contributed by atoms with Crippen molar-refractivity contribution in [3.05, 3.63) is 0 Å². The minimum atomic E-state index is 0.687. The lowest BCUT2D eigenvalue weighted by Crippen LogP contribution is -2.85. The molecule has 0 aliphatic heterocycles. The van der Waals surface area contributed by atoms with Crippen LogP contribution in [0.3, 0.4) is 0 Å². The normalized spacial score (nSPS) is 9.82. The van der Waals surface area contributed by atoms with Crippen LogP contribution in [0.2, 0.25) is 5.62 Å². The Bertz CT molecular complexity index is 536. The van der Waals surface area contributed by atoms with Gasteiger partial charge in [0.1, 0.15) is 0 Å². The fraction of sp³-hybridized carbons (Fsp3) is 1.00. The third-order valence-electron chi connectivity index (χ3n) is 11.7. The third kappa shape index (κ3) is 11.4. The molecule has 164 valence electrons. The van der Waals surface area contributed by atoms with E-state index in [0.29, 0.717) is 63.9 Å². The summed E-state index contributed by atoms with van der Waals surface area (Å²) in [6.07, 6.45) is 10.6. The summed E-state index contributed by atoms with van der Waals surface area (Å²) >= 11 is 0. The van der Waals surface area contributed by atoms with Gasteiger partial charge >= 0.3 is 0 Å². The minimum absolute atomic E-state index is 0.687. The molecule has 0 radical (unpaired) electrons. The van der Waals surface area contributed by atoms with E-state index in [9.17, 15) is 0 Å². The molecule has 0 aromatic heterocycles. The molecule has 0 unspecified atom stereocenters. The summed E-state index contributed by atoms with van der Waals surface area (Å²) < 4.78 is 0. The fourth-order valence-electron chi connectivity index (χ4n) is 10.8. The van der Waals surface area contributed by atoms with Crippen LogP contribution >= 0.6 is 0 Å². The first-order chi connectivity index (χ1) is 18.1. The summed E-state index contributed by atoms with van der Waals surface area (Å²) in [5, 5.41) is 0. The van der Waals surface area contributed by atoms with Crippen LogP contribution in [-0.4, -0.2) is 278 Å². The molecule has 0 rings (SSSR count). The largest absolute Gasteiger partial charge is 0.146 e. The van der Waals surface area contributed by atoms with Crippen LogP contribution < -0.4 is 0 Å². The Labute approximate surface area is 281 Å². The van der Waals surface area contributed by atoms with Crippen LogP contribution in [0.15, 0.2) is 0 Å². The Morgan fingerprint density at radius 3 is 0.550 bits per heavy atom. The molecule has 0 fully saturated rings. The van der Waals surface area contributed by atoms with Crippen molar-refractivity contribution in [2.24, 2.45) is 0 Å². The first kappa shape index (κ1) is 42.5. The number of hydrogen-bond acceptors (Lipinski definition) is 0. The molecular formula is CH43B39. The zero-order valence-electron chi connectivity index (χ0n) is 32.0. The van der Waals surface area contributed by atoms with Crippen molar-refractivity contribution in [3.63, 3.8) is 0 Å². The van der Waals surface area contributed by atoms with Crippen LogP contribution in [-0.2, 0) is 0 Å². The SMILES string of the molecule is BB(B)B(B)B(B(B)B)C(B(B(B(B)B)B(B)B)B(B(B)B)B(B)B)B(B(B(B)B)B(B)B)B(B(B)B)B(B)B. The first-order valence-electron chi connectivity index (χ1n) is 18.1. The quantitative estimate of drug-likeness (QED) is 0.172. The van der Waals surface area contributed by atoms with Gasteiger partial charge in [-0.15, -0.1) is 5.62 Å². The molecular weight excluding hydrogens is 434 g/mol. The van der Waals surface area contributed by atoms with Crippen LogP contribution in [0, 0.1) is 0 Å². The fourth-order valence-corrected chi connectivity index (χ4v) is 10.8. The van der Waals surface area contributed by atoms with Crippen molar-refractivity contribution < 1.29 is 0 Å². The van der Waals surface area contributed by atoms with Gasteiger partial charge in [-0.25, -0.2) is 0 Å². The lowest BCUT2D eigenvalue weighted by molar-refractivity contribution is 1.80. The molecule has 0 aromatic carbocycles. The Kier molecular flexibility index (Phi) is 20.5. The molecule has 0 bridgehead atoms. The van der Waals surface area contributed by atoms with Gasteiger partial charge < -0.3 is 0 Å². The topological polar surface area (TPSA) is 0 Å². The minimum Gasteiger partial charge on any atom is -0.146 e. The molecule has 39 heteroatoms. The van der Waals surface area contributed by atoms with E-state index >= 15 is 0 Å². The van der Waals surface area contributed by atoms with E-state index in [1.54, 1.807) is 0 Å². The van der Waals surface area contributed by atoms with Crippen molar-refractivity contribution in [2.75, 3.05) is 0 Å². The maximum atomic E-state index is 2.63. The highest BCUT2D eigenvalue weighted by molar-refractivity contribution is 8.15. The smallest absolute Gasteiger partial charge is 0.0559 e. The summed E-state index contributed by atoms with van der Waals surface area (Å²) in [4.78, 5) is 0. The molecule has 0 saturated carbocycles. The third-order valence-corrected chi connectivity index (χ3v) is 11.7. The van der Waals surface area contributed by atoms with Crippen molar-refractivity contribution in [1.29, 1.82) is 0 Å². The van der Waals surface area contributed by atoms with Gasteiger partial charge in [-0.05, 0) is 0 Å². The molecule has 0 amide bonds. The van der Waals surface area contributed by atoms with Gasteiger partial charge in [-0.1, -0.05) is 0 Å². The van der Waals surface area contributed by atoms with Crippen molar-refractivity contribution >= 4 is 278 Å². The average molecular weight is 477 g/mol. The first-order valence-corrected chi connectivity index (χ1v) is 18.1. The van der Waals surface area contributed by atoms with Crippen LogP contribution in [0.5, 0.6) is 0 Å². The second kappa shape index (κ2) is 19.3. The van der Waals surface area contributed by atoms with E-state index in [-0.39, 0.29) is 0 Å². The van der Waals surface area contributed by atoms with Gasteiger partial charge in [0.05, 0.1) is 162 Å². The molecule has 0 N–H and O–H groups in total. The molecule has 0 aliphatic carbocycles. The van der Waals surface area contributed by atoms with Crippen LogP contribution in [0.4, 0.5) is 0 Å². The molecule has 0 nitrogen and oxygen atoms in total. The predicted molar refractivity (Wildman–Crippen MR) is 287 cm³/mol. The zero-order valence-corrected chi connectivity index (χ0v) is 32.0. The van der Waals surface area contributed by atoms with Crippen molar-refractivity contribution in [2.45, 2.75) is 5.62 Å². The van der Waals surface area contributed by atoms with Gasteiger partial charge in [0.15, 0.2) is 0 Å². The van der Waals surface area contributed by atoms with Crippen LogP contribution in [0.1, 0.15) is 0 Å². The van der Waals surface area contributed by atoms with E-state index in [2.05, 4.69) is 162 Å². The average Bonchev–Trinajstić information content (AvgIpc) is 2.73. The number of hydrogen-bond donors (Lipinski definition) is 0. The van der Waals surface area contributed by atoms with E-state index in [1.807, 2.05) is 0 Å².